The molecule has 0 radical (unpaired) electrons. The number of hydrogen-bond donors (Lipinski definition) is 1. The fourth-order valence-corrected chi connectivity index (χ4v) is 1.18. The van der Waals surface area contributed by atoms with Crippen molar-refractivity contribution in [2.24, 2.45) is 5.73 Å². The summed E-state index contributed by atoms with van der Waals surface area (Å²) >= 11 is 0. The summed E-state index contributed by atoms with van der Waals surface area (Å²) in [4.78, 5) is 23.5. The van der Waals surface area contributed by atoms with Gasteiger partial charge in [0.25, 0.3) is 12.3 Å². The summed E-state index contributed by atoms with van der Waals surface area (Å²) < 4.78 is 25.3. The molecule has 88 valence electrons. The van der Waals surface area contributed by atoms with Crippen LogP contribution in [0.5, 0.6) is 0 Å². The summed E-state index contributed by atoms with van der Waals surface area (Å²) in [7, 11) is 0. The Bertz CT molecular complexity index is 538. The van der Waals surface area contributed by atoms with E-state index in [0.29, 0.717) is 6.20 Å². The summed E-state index contributed by atoms with van der Waals surface area (Å²) in [5, 5.41) is 19.1. The van der Waals surface area contributed by atoms with Crippen molar-refractivity contribution in [2.45, 2.75) is 6.43 Å². The molecule has 2 N–H and O–H groups in total. The van der Waals surface area contributed by atoms with E-state index in [4.69, 9.17) is 11.0 Å². The number of carbonyl (C=O) groups is 1. The number of nitrogens with two attached hydrogens (primary N) is 1. The van der Waals surface area contributed by atoms with Crippen LogP contribution in [0.3, 0.4) is 0 Å². The van der Waals surface area contributed by atoms with Crippen molar-refractivity contribution in [3.05, 3.63) is 33.1 Å². The zero-order valence-corrected chi connectivity index (χ0v) is 8.05. The van der Waals surface area contributed by atoms with Crippen LogP contribution >= 0.6 is 0 Å². The van der Waals surface area contributed by atoms with E-state index >= 15 is 0 Å². The molecule has 1 rings (SSSR count). The maximum Gasteiger partial charge on any atom is 0.305 e. The molecule has 9 heteroatoms. The third kappa shape index (κ3) is 2.15. The predicted octanol–water partition coefficient (Wildman–Crippen LogP) is 0.898. The Morgan fingerprint density at radius 3 is 2.59 bits per heavy atom. The Kier molecular flexibility index (Phi) is 3.28. The second-order valence-corrected chi connectivity index (χ2v) is 2.81. The van der Waals surface area contributed by atoms with Crippen molar-refractivity contribution < 1.29 is 18.5 Å². The molecule has 17 heavy (non-hydrogen) atoms. The quantitative estimate of drug-likeness (QED) is 0.622. The van der Waals surface area contributed by atoms with Crippen LogP contribution < -0.4 is 5.73 Å². The maximum absolute atomic E-state index is 12.7. The lowest BCUT2D eigenvalue weighted by atomic mass is 10.1. The molecule has 1 heterocycles. The Labute approximate surface area is 92.6 Å². The van der Waals surface area contributed by atoms with Crippen LogP contribution in [0.15, 0.2) is 6.20 Å². The lowest BCUT2D eigenvalue weighted by Crippen LogP contribution is -2.18. The highest BCUT2D eigenvalue weighted by Crippen LogP contribution is 2.30. The number of pyridine rings is 1. The molecule has 0 aliphatic rings. The fraction of sp³-hybridized carbons (Fsp3) is 0.125. The van der Waals surface area contributed by atoms with Crippen molar-refractivity contribution in [2.75, 3.05) is 0 Å². The van der Waals surface area contributed by atoms with Gasteiger partial charge in [-0.25, -0.2) is 13.8 Å². The third-order valence-electron chi connectivity index (χ3n) is 1.86. The minimum Gasteiger partial charge on any atom is -0.364 e. The van der Waals surface area contributed by atoms with Gasteiger partial charge in [0.1, 0.15) is 23.5 Å². The van der Waals surface area contributed by atoms with Crippen LogP contribution in [0.2, 0.25) is 0 Å². The van der Waals surface area contributed by atoms with Crippen molar-refractivity contribution in [3.63, 3.8) is 0 Å². The van der Waals surface area contributed by atoms with Gasteiger partial charge < -0.3 is 5.73 Å². The van der Waals surface area contributed by atoms with E-state index in [0.717, 1.165) is 0 Å². The average molecular weight is 242 g/mol. The molecule has 0 saturated heterocycles. The third-order valence-corrected chi connectivity index (χ3v) is 1.86. The first-order valence-corrected chi connectivity index (χ1v) is 4.05. The molecular weight excluding hydrogens is 238 g/mol. The van der Waals surface area contributed by atoms with E-state index in [1.807, 2.05) is 0 Å². The number of hydrogen-bond acceptors (Lipinski definition) is 5. The number of nitro groups is 1. The van der Waals surface area contributed by atoms with Gasteiger partial charge >= 0.3 is 5.69 Å². The molecule has 1 aromatic rings. The largest absolute Gasteiger partial charge is 0.364 e. The van der Waals surface area contributed by atoms with Gasteiger partial charge in [-0.2, -0.15) is 5.26 Å². The number of primary amides is 1. The Balaban J connectivity index is 3.69. The topological polar surface area (TPSA) is 123 Å². The zero-order valence-electron chi connectivity index (χ0n) is 8.05. The molecule has 1 aromatic heterocycles. The van der Waals surface area contributed by atoms with E-state index in [1.165, 1.54) is 6.07 Å². The smallest absolute Gasteiger partial charge is 0.305 e. The van der Waals surface area contributed by atoms with Crippen molar-refractivity contribution in [3.8, 4) is 6.07 Å². The second kappa shape index (κ2) is 4.48. The van der Waals surface area contributed by atoms with Crippen molar-refractivity contribution >= 4 is 11.6 Å². The number of nitriles is 1. The van der Waals surface area contributed by atoms with Crippen LogP contribution in [0.4, 0.5) is 14.5 Å². The van der Waals surface area contributed by atoms with Gasteiger partial charge in [-0.3, -0.25) is 14.9 Å². The number of alkyl halides is 2. The maximum atomic E-state index is 12.7. The lowest BCUT2D eigenvalue weighted by Gasteiger charge is -2.06. The summed E-state index contributed by atoms with van der Waals surface area (Å²) in [5.74, 6) is -1.29. The number of nitrogens with zero attached hydrogens (tertiary/aromatic N) is 3. The fourth-order valence-electron chi connectivity index (χ4n) is 1.18. The van der Waals surface area contributed by atoms with Crippen LogP contribution in [-0.2, 0) is 0 Å². The van der Waals surface area contributed by atoms with Gasteiger partial charge in [-0.15, -0.1) is 0 Å². The molecule has 1 amide bonds. The van der Waals surface area contributed by atoms with Gasteiger partial charge in [0, 0.05) is 0 Å². The van der Waals surface area contributed by atoms with Gasteiger partial charge in [-0.05, 0) is 0 Å². The first kappa shape index (κ1) is 12.4. The lowest BCUT2D eigenvalue weighted by molar-refractivity contribution is -0.385. The van der Waals surface area contributed by atoms with Crippen molar-refractivity contribution in [1.29, 1.82) is 5.26 Å². The molecular formula is C8H4F2N4O3. The Morgan fingerprint density at radius 2 is 2.24 bits per heavy atom. The number of rotatable bonds is 3. The second-order valence-electron chi connectivity index (χ2n) is 2.81. The normalized spacial score (nSPS) is 10.0. The number of carbonyl (C=O) groups excluding carboxylic acids is 1. The number of aromatic nitrogens is 1. The van der Waals surface area contributed by atoms with E-state index in [-0.39, 0.29) is 0 Å². The van der Waals surface area contributed by atoms with E-state index in [9.17, 15) is 23.7 Å². The number of halogens is 2. The Hall–Kier alpha value is -2.63. The molecule has 0 atom stereocenters. The average Bonchev–Trinajstić information content (AvgIpc) is 2.26. The summed E-state index contributed by atoms with van der Waals surface area (Å²) in [6.45, 7) is 0. The zero-order chi connectivity index (χ0) is 13.2. The van der Waals surface area contributed by atoms with E-state index < -0.39 is 39.8 Å². The summed E-state index contributed by atoms with van der Waals surface area (Å²) in [5.41, 5.74) is 1.02. The summed E-state index contributed by atoms with van der Waals surface area (Å²) in [6.07, 6.45) is -2.72. The minimum atomic E-state index is -3.26. The van der Waals surface area contributed by atoms with Gasteiger partial charge in [-0.1, -0.05) is 0 Å². The molecule has 0 spiro atoms. The molecule has 0 aliphatic heterocycles. The van der Waals surface area contributed by atoms with Crippen LogP contribution in [0, 0.1) is 21.4 Å². The predicted molar refractivity (Wildman–Crippen MR) is 49.1 cm³/mol. The first-order chi connectivity index (χ1) is 7.90. The van der Waals surface area contributed by atoms with E-state index in [1.54, 1.807) is 0 Å². The highest BCUT2D eigenvalue weighted by Gasteiger charge is 2.29. The SMILES string of the molecule is N#Cc1c([N+](=O)[O-])cnc(C(N)=O)c1C(F)F. The molecule has 0 aliphatic carbocycles. The molecule has 0 unspecified atom stereocenters. The molecule has 7 nitrogen and oxygen atoms in total. The van der Waals surface area contributed by atoms with Crippen LogP contribution in [0.25, 0.3) is 0 Å². The van der Waals surface area contributed by atoms with Gasteiger partial charge in [0.15, 0.2) is 0 Å². The van der Waals surface area contributed by atoms with Crippen molar-refractivity contribution in [1.82, 2.24) is 4.98 Å². The van der Waals surface area contributed by atoms with Gasteiger partial charge in [0.05, 0.1) is 10.5 Å². The monoisotopic (exact) mass is 242 g/mol. The summed E-state index contributed by atoms with van der Waals surface area (Å²) in [6, 6.07) is 1.25. The molecule has 0 saturated carbocycles. The van der Waals surface area contributed by atoms with Crippen LogP contribution in [-0.4, -0.2) is 15.8 Å². The molecule has 0 fully saturated rings. The minimum absolute atomic E-state index is 0.546. The highest BCUT2D eigenvalue weighted by atomic mass is 19.3. The van der Waals surface area contributed by atoms with E-state index in [2.05, 4.69) is 4.98 Å². The molecule has 0 bridgehead atoms. The van der Waals surface area contributed by atoms with Gasteiger partial charge in [0.2, 0.25) is 0 Å². The standard InChI is InChI=1S/C8H4F2N4O3/c9-7(10)5-3(1-11)4(14(16)17)2-13-6(5)8(12)15/h2,7H,(H2,12,15). The first-order valence-electron chi connectivity index (χ1n) is 4.05. The number of amides is 1. The highest BCUT2D eigenvalue weighted by molar-refractivity contribution is 5.93. The molecule has 0 aromatic carbocycles. The van der Waals surface area contributed by atoms with Crippen LogP contribution in [0.1, 0.15) is 28.0 Å². The Morgan fingerprint density at radius 1 is 1.65 bits per heavy atom.